The summed E-state index contributed by atoms with van der Waals surface area (Å²) in [5, 5.41) is 8.21. The molecular weight excluding hydrogens is 336 g/mol. The molecule has 27 heavy (non-hydrogen) atoms. The maximum absolute atomic E-state index is 4.60. The van der Waals surface area contributed by atoms with Crippen molar-refractivity contribution >= 4 is 38.4 Å². The molecule has 0 bridgehead atoms. The summed E-state index contributed by atoms with van der Waals surface area (Å²) < 4.78 is 2.09. The van der Waals surface area contributed by atoms with Gasteiger partial charge >= 0.3 is 0 Å². The SMILES string of the molecule is Cc1c2ccnc(NCCCn3ccnc3)c2cc2c1[nH]c1ccncc12. The van der Waals surface area contributed by atoms with Gasteiger partial charge in [-0.2, -0.15) is 0 Å². The third-order valence-electron chi connectivity index (χ3n) is 5.14. The molecule has 0 aliphatic carbocycles. The quantitative estimate of drug-likeness (QED) is 0.461. The number of pyridine rings is 2. The fourth-order valence-corrected chi connectivity index (χ4v) is 3.75. The average Bonchev–Trinajstić information content (AvgIpc) is 3.34. The van der Waals surface area contributed by atoms with Gasteiger partial charge in [0.05, 0.1) is 11.8 Å². The first-order valence-electron chi connectivity index (χ1n) is 9.14. The fourth-order valence-electron chi connectivity index (χ4n) is 3.75. The van der Waals surface area contributed by atoms with Crippen molar-refractivity contribution in [2.24, 2.45) is 0 Å². The van der Waals surface area contributed by atoms with E-state index < -0.39 is 0 Å². The molecule has 4 heterocycles. The molecule has 0 saturated carbocycles. The minimum absolute atomic E-state index is 0.858. The molecule has 6 heteroatoms. The summed E-state index contributed by atoms with van der Waals surface area (Å²) >= 11 is 0. The van der Waals surface area contributed by atoms with Crippen molar-refractivity contribution in [3.8, 4) is 0 Å². The smallest absolute Gasteiger partial charge is 0.133 e. The number of aromatic amines is 1. The zero-order valence-electron chi connectivity index (χ0n) is 15.1. The number of nitrogens with zero attached hydrogens (tertiary/aromatic N) is 4. The van der Waals surface area contributed by atoms with Crippen LogP contribution >= 0.6 is 0 Å². The number of aryl methyl sites for hydroxylation is 2. The molecule has 0 atom stereocenters. The Morgan fingerprint density at radius 2 is 2.00 bits per heavy atom. The molecule has 0 aliphatic rings. The van der Waals surface area contributed by atoms with Gasteiger partial charge in [-0.1, -0.05) is 0 Å². The molecule has 0 radical (unpaired) electrons. The minimum Gasteiger partial charge on any atom is -0.369 e. The summed E-state index contributed by atoms with van der Waals surface area (Å²) in [6.45, 7) is 3.96. The second-order valence-corrected chi connectivity index (χ2v) is 6.81. The van der Waals surface area contributed by atoms with Gasteiger partial charge in [0.1, 0.15) is 5.82 Å². The Hall–Kier alpha value is -3.41. The lowest BCUT2D eigenvalue weighted by atomic mass is 10.0. The zero-order valence-corrected chi connectivity index (χ0v) is 15.1. The summed E-state index contributed by atoms with van der Waals surface area (Å²) in [5.41, 5.74) is 3.52. The van der Waals surface area contributed by atoms with Crippen LogP contribution in [0.4, 0.5) is 5.82 Å². The van der Waals surface area contributed by atoms with Crippen molar-refractivity contribution in [2.45, 2.75) is 19.9 Å². The van der Waals surface area contributed by atoms with Gasteiger partial charge in [0, 0.05) is 65.7 Å². The van der Waals surface area contributed by atoms with Crippen LogP contribution < -0.4 is 5.32 Å². The topological polar surface area (TPSA) is 71.4 Å². The normalized spacial score (nSPS) is 11.6. The van der Waals surface area contributed by atoms with Gasteiger partial charge in [-0.15, -0.1) is 0 Å². The Balaban J connectivity index is 1.52. The molecule has 0 amide bonds. The van der Waals surface area contributed by atoms with Crippen LogP contribution in [0.2, 0.25) is 0 Å². The highest BCUT2D eigenvalue weighted by molar-refractivity contribution is 6.15. The van der Waals surface area contributed by atoms with Crippen LogP contribution in [0.25, 0.3) is 32.6 Å². The Labute approximate surface area is 156 Å². The molecule has 0 fully saturated rings. The van der Waals surface area contributed by atoms with Crippen molar-refractivity contribution in [3.05, 3.63) is 61.1 Å². The number of hydrogen-bond acceptors (Lipinski definition) is 4. The molecule has 5 aromatic rings. The average molecular weight is 356 g/mol. The standard InChI is InChI=1S/C21H20N6/c1-14-15-3-7-25-21(24-5-2-9-27-10-8-23-13-27)17(15)11-16-18-12-22-6-4-19(18)26-20(14)16/h3-4,6-8,10-13,26H,2,5,9H2,1H3,(H,24,25). The van der Waals surface area contributed by atoms with Crippen LogP contribution in [0, 0.1) is 6.92 Å². The van der Waals surface area contributed by atoms with Gasteiger partial charge in [-0.05, 0) is 42.5 Å². The van der Waals surface area contributed by atoms with Gasteiger partial charge in [0.2, 0.25) is 0 Å². The maximum atomic E-state index is 4.60. The summed E-state index contributed by atoms with van der Waals surface area (Å²) in [6.07, 6.45) is 12.3. The summed E-state index contributed by atoms with van der Waals surface area (Å²) in [7, 11) is 0. The Morgan fingerprint density at radius 3 is 2.89 bits per heavy atom. The Bertz CT molecular complexity index is 1240. The first kappa shape index (κ1) is 15.8. The molecule has 0 saturated heterocycles. The molecule has 0 spiro atoms. The molecule has 0 unspecified atom stereocenters. The van der Waals surface area contributed by atoms with Crippen molar-refractivity contribution in [2.75, 3.05) is 11.9 Å². The predicted molar refractivity (Wildman–Crippen MR) is 109 cm³/mol. The van der Waals surface area contributed by atoms with E-state index in [-0.39, 0.29) is 0 Å². The highest BCUT2D eigenvalue weighted by Gasteiger charge is 2.12. The number of H-pyrrole nitrogens is 1. The van der Waals surface area contributed by atoms with E-state index in [0.29, 0.717) is 0 Å². The lowest BCUT2D eigenvalue weighted by molar-refractivity contribution is 0.660. The monoisotopic (exact) mass is 356 g/mol. The highest BCUT2D eigenvalue weighted by Crippen LogP contribution is 2.34. The molecule has 6 nitrogen and oxygen atoms in total. The summed E-state index contributed by atoms with van der Waals surface area (Å²) in [6, 6.07) is 6.33. The number of fused-ring (bicyclic) bond motifs is 4. The molecule has 0 aliphatic heterocycles. The number of anilines is 1. The van der Waals surface area contributed by atoms with E-state index in [1.165, 1.54) is 21.9 Å². The van der Waals surface area contributed by atoms with Crippen LogP contribution in [0.3, 0.4) is 0 Å². The van der Waals surface area contributed by atoms with Gasteiger partial charge in [-0.3, -0.25) is 4.98 Å². The van der Waals surface area contributed by atoms with Crippen molar-refractivity contribution in [1.82, 2.24) is 24.5 Å². The third-order valence-corrected chi connectivity index (χ3v) is 5.14. The molecule has 5 rings (SSSR count). The van der Waals surface area contributed by atoms with Gasteiger partial charge in [0.15, 0.2) is 0 Å². The van der Waals surface area contributed by atoms with E-state index >= 15 is 0 Å². The lowest BCUT2D eigenvalue weighted by Gasteiger charge is -2.11. The molecule has 1 aromatic carbocycles. The van der Waals surface area contributed by atoms with E-state index in [1.807, 2.05) is 43.4 Å². The third kappa shape index (κ3) is 2.70. The van der Waals surface area contributed by atoms with Crippen molar-refractivity contribution < 1.29 is 0 Å². The number of hydrogen-bond donors (Lipinski definition) is 2. The van der Waals surface area contributed by atoms with Gasteiger partial charge in [0.25, 0.3) is 0 Å². The first-order chi connectivity index (χ1) is 13.3. The number of rotatable bonds is 5. The van der Waals surface area contributed by atoms with E-state index in [0.717, 1.165) is 41.6 Å². The van der Waals surface area contributed by atoms with E-state index in [1.54, 1.807) is 0 Å². The van der Waals surface area contributed by atoms with Crippen molar-refractivity contribution in [1.29, 1.82) is 0 Å². The molecule has 4 aromatic heterocycles. The summed E-state index contributed by atoms with van der Waals surface area (Å²) in [5.74, 6) is 0.932. The van der Waals surface area contributed by atoms with Gasteiger partial charge in [-0.25, -0.2) is 9.97 Å². The Kier molecular flexibility index (Phi) is 3.74. The van der Waals surface area contributed by atoms with E-state index in [2.05, 4.69) is 48.9 Å². The second-order valence-electron chi connectivity index (χ2n) is 6.81. The largest absolute Gasteiger partial charge is 0.369 e. The van der Waals surface area contributed by atoms with Crippen molar-refractivity contribution in [3.63, 3.8) is 0 Å². The zero-order chi connectivity index (χ0) is 18.2. The van der Waals surface area contributed by atoms with Crippen LogP contribution in [0.1, 0.15) is 12.0 Å². The van der Waals surface area contributed by atoms with Crippen LogP contribution in [0.5, 0.6) is 0 Å². The van der Waals surface area contributed by atoms with E-state index in [4.69, 9.17) is 0 Å². The Morgan fingerprint density at radius 1 is 1.04 bits per heavy atom. The van der Waals surface area contributed by atoms with Crippen LogP contribution in [-0.4, -0.2) is 31.0 Å². The minimum atomic E-state index is 0.858. The first-order valence-corrected chi connectivity index (χ1v) is 9.14. The number of aromatic nitrogens is 5. The molecular formula is C21H20N6. The second kappa shape index (κ2) is 6.39. The lowest BCUT2D eigenvalue weighted by Crippen LogP contribution is -2.07. The highest BCUT2D eigenvalue weighted by atomic mass is 15.0. The number of benzene rings is 1. The van der Waals surface area contributed by atoms with Gasteiger partial charge < -0.3 is 14.9 Å². The van der Waals surface area contributed by atoms with Crippen LogP contribution in [0.15, 0.2) is 55.5 Å². The maximum Gasteiger partial charge on any atom is 0.133 e. The summed E-state index contributed by atoms with van der Waals surface area (Å²) in [4.78, 5) is 16.5. The fraction of sp³-hybridized carbons (Fsp3) is 0.190. The number of imidazole rings is 1. The molecule has 2 N–H and O–H groups in total. The number of nitrogens with one attached hydrogen (secondary N) is 2. The predicted octanol–water partition coefficient (Wildman–Crippen LogP) is 4.27. The van der Waals surface area contributed by atoms with E-state index in [9.17, 15) is 0 Å². The molecule has 134 valence electrons. The van der Waals surface area contributed by atoms with Crippen LogP contribution in [-0.2, 0) is 6.54 Å².